The largest absolute Gasteiger partial charge is 0.439 e. The summed E-state index contributed by atoms with van der Waals surface area (Å²) in [6.45, 7) is 1.82. The summed E-state index contributed by atoms with van der Waals surface area (Å²) >= 11 is 6.29. The average molecular weight is 553 g/mol. The molecule has 0 bridgehead atoms. The van der Waals surface area contributed by atoms with Crippen LogP contribution in [0.25, 0.3) is 11.8 Å². The fourth-order valence-electron chi connectivity index (χ4n) is 4.28. The number of nitrogens with zero attached hydrogens (tertiary/aromatic N) is 3. The number of allylic oxidation sites excluding steroid dienone is 1. The average Bonchev–Trinajstić information content (AvgIpc) is 3.43. The Kier molecular flexibility index (Phi) is 6.54. The van der Waals surface area contributed by atoms with E-state index in [-0.39, 0.29) is 28.7 Å². The molecule has 1 aliphatic rings. The summed E-state index contributed by atoms with van der Waals surface area (Å²) in [4.78, 5) is 17.6. The predicted octanol–water partition coefficient (Wildman–Crippen LogP) is 5.11. The second-order valence-electron chi connectivity index (χ2n) is 9.11. The SMILES string of the molecule is Cc1cc(Oc2ccc(F)cc2)ncc1-n1ncc(C(=O)C2=Cc3cc(Cl)c(CS(C)(=O)=O)cc3C2)c1N. The molecule has 0 atom stereocenters. The first-order valence-electron chi connectivity index (χ1n) is 11.5. The van der Waals surface area contributed by atoms with Crippen LogP contribution in [-0.4, -0.2) is 35.2 Å². The third-order valence-electron chi connectivity index (χ3n) is 6.10. The van der Waals surface area contributed by atoms with Crippen LogP contribution >= 0.6 is 11.6 Å². The van der Waals surface area contributed by atoms with Gasteiger partial charge < -0.3 is 10.5 Å². The van der Waals surface area contributed by atoms with E-state index in [2.05, 4.69) is 10.1 Å². The summed E-state index contributed by atoms with van der Waals surface area (Å²) < 4.78 is 43.7. The van der Waals surface area contributed by atoms with Gasteiger partial charge in [-0.15, -0.1) is 0 Å². The standard InChI is InChI=1S/C27H22ClFN4O4S/c1-15-7-25(37-21-5-3-20(29)4-6-21)31-13-24(15)33-27(30)22(12-32-33)26(34)18-8-16-10-19(14-38(2,35)36)23(28)11-17(16)9-18/h3-7,9-13H,8,14,30H2,1-2H3. The lowest BCUT2D eigenvalue weighted by Gasteiger charge is -2.11. The van der Waals surface area contributed by atoms with E-state index in [9.17, 15) is 17.6 Å². The van der Waals surface area contributed by atoms with Gasteiger partial charge in [0.15, 0.2) is 15.6 Å². The molecule has 0 radical (unpaired) electrons. The molecule has 11 heteroatoms. The van der Waals surface area contributed by atoms with E-state index < -0.39 is 9.84 Å². The molecule has 2 aromatic heterocycles. The van der Waals surface area contributed by atoms with Crippen molar-refractivity contribution >= 4 is 39.1 Å². The summed E-state index contributed by atoms with van der Waals surface area (Å²) in [5, 5.41) is 4.65. The lowest BCUT2D eigenvalue weighted by Crippen LogP contribution is -2.09. The maximum absolute atomic E-state index is 13.4. The second kappa shape index (κ2) is 9.70. The molecular formula is C27H22ClFN4O4S. The van der Waals surface area contributed by atoms with Gasteiger partial charge in [-0.25, -0.2) is 22.5 Å². The molecule has 194 valence electrons. The minimum absolute atomic E-state index is 0.153. The number of nitrogens with two attached hydrogens (primary N) is 1. The number of benzene rings is 2. The quantitative estimate of drug-likeness (QED) is 0.317. The number of aromatic nitrogens is 3. The first kappa shape index (κ1) is 25.6. The van der Waals surface area contributed by atoms with Crippen LogP contribution in [-0.2, 0) is 22.0 Å². The van der Waals surface area contributed by atoms with Crippen LogP contribution in [0.3, 0.4) is 0 Å². The number of halogens is 2. The third kappa shape index (κ3) is 5.18. The number of nitrogen functional groups attached to an aromatic ring is 1. The molecule has 4 aromatic rings. The Balaban J connectivity index is 1.37. The first-order chi connectivity index (χ1) is 18.0. The number of fused-ring (bicyclic) bond motifs is 1. The van der Waals surface area contributed by atoms with Gasteiger partial charge >= 0.3 is 0 Å². The number of carbonyl (C=O) groups is 1. The van der Waals surface area contributed by atoms with Crippen molar-refractivity contribution in [1.29, 1.82) is 0 Å². The van der Waals surface area contributed by atoms with Crippen molar-refractivity contribution in [1.82, 2.24) is 14.8 Å². The summed E-state index contributed by atoms with van der Waals surface area (Å²) in [6, 6.07) is 10.7. The Hall–Kier alpha value is -4.02. The molecule has 5 rings (SSSR count). The lowest BCUT2D eigenvalue weighted by molar-refractivity contribution is 0.103. The van der Waals surface area contributed by atoms with Crippen molar-refractivity contribution in [2.75, 3.05) is 12.0 Å². The zero-order valence-electron chi connectivity index (χ0n) is 20.4. The Morgan fingerprint density at radius 2 is 1.92 bits per heavy atom. The number of pyridine rings is 1. The molecule has 0 aliphatic heterocycles. The number of ketones is 1. The predicted molar refractivity (Wildman–Crippen MR) is 143 cm³/mol. The van der Waals surface area contributed by atoms with Gasteiger partial charge in [0, 0.05) is 29.3 Å². The highest BCUT2D eigenvalue weighted by atomic mass is 35.5. The number of ether oxygens (including phenoxy) is 1. The highest BCUT2D eigenvalue weighted by molar-refractivity contribution is 7.89. The molecule has 2 N–H and O–H groups in total. The van der Waals surface area contributed by atoms with Gasteiger partial charge in [0.25, 0.3) is 0 Å². The number of sulfone groups is 1. The van der Waals surface area contributed by atoms with Crippen molar-refractivity contribution in [2.24, 2.45) is 0 Å². The lowest BCUT2D eigenvalue weighted by atomic mass is 10.0. The van der Waals surface area contributed by atoms with Crippen LogP contribution in [0.5, 0.6) is 11.6 Å². The van der Waals surface area contributed by atoms with Crippen molar-refractivity contribution < 1.29 is 22.3 Å². The number of hydrogen-bond donors (Lipinski definition) is 1. The Morgan fingerprint density at radius 3 is 2.61 bits per heavy atom. The van der Waals surface area contributed by atoms with E-state index in [1.54, 1.807) is 24.3 Å². The summed E-state index contributed by atoms with van der Waals surface area (Å²) in [7, 11) is -3.27. The zero-order valence-corrected chi connectivity index (χ0v) is 22.0. The number of anilines is 1. The van der Waals surface area contributed by atoms with Gasteiger partial charge in [-0.3, -0.25) is 4.79 Å². The first-order valence-corrected chi connectivity index (χ1v) is 13.9. The Morgan fingerprint density at radius 1 is 1.18 bits per heavy atom. The number of aryl methyl sites for hydroxylation is 1. The highest BCUT2D eigenvalue weighted by Crippen LogP contribution is 2.34. The van der Waals surface area contributed by atoms with Gasteiger partial charge in [-0.1, -0.05) is 17.7 Å². The van der Waals surface area contributed by atoms with Crippen molar-refractivity contribution in [3.05, 3.63) is 99.1 Å². The normalized spacial score (nSPS) is 12.8. The Labute approximate surface area is 223 Å². The fraction of sp³-hybridized carbons (Fsp3) is 0.148. The molecule has 0 saturated carbocycles. The van der Waals surface area contributed by atoms with Crippen LogP contribution in [0.4, 0.5) is 10.2 Å². The van der Waals surface area contributed by atoms with Crippen molar-refractivity contribution in [2.45, 2.75) is 19.1 Å². The van der Waals surface area contributed by atoms with Crippen LogP contribution in [0.1, 0.15) is 32.6 Å². The molecule has 0 unspecified atom stereocenters. The maximum atomic E-state index is 13.4. The van der Waals surface area contributed by atoms with E-state index in [1.165, 1.54) is 41.3 Å². The zero-order chi connectivity index (χ0) is 27.2. The number of rotatable bonds is 7. The molecule has 8 nitrogen and oxygen atoms in total. The minimum Gasteiger partial charge on any atom is -0.439 e. The van der Waals surface area contributed by atoms with E-state index in [0.717, 1.165) is 22.9 Å². The van der Waals surface area contributed by atoms with E-state index in [4.69, 9.17) is 22.1 Å². The van der Waals surface area contributed by atoms with Crippen LogP contribution in [0.2, 0.25) is 5.02 Å². The van der Waals surface area contributed by atoms with Crippen LogP contribution in [0.15, 0.2) is 60.4 Å². The van der Waals surface area contributed by atoms with E-state index in [1.807, 2.05) is 6.92 Å². The number of hydrogen-bond acceptors (Lipinski definition) is 7. The smallest absolute Gasteiger partial charge is 0.219 e. The van der Waals surface area contributed by atoms with Crippen LogP contribution < -0.4 is 10.5 Å². The molecule has 2 aromatic carbocycles. The topological polar surface area (TPSA) is 117 Å². The molecule has 0 fully saturated rings. The van der Waals surface area contributed by atoms with E-state index in [0.29, 0.717) is 39.9 Å². The molecule has 1 aliphatic carbocycles. The molecule has 0 spiro atoms. The second-order valence-corrected chi connectivity index (χ2v) is 11.7. The number of carbonyl (C=O) groups excluding carboxylic acids is 1. The molecule has 2 heterocycles. The van der Waals surface area contributed by atoms with Gasteiger partial charge in [-0.2, -0.15) is 5.10 Å². The molecule has 38 heavy (non-hydrogen) atoms. The summed E-state index contributed by atoms with van der Waals surface area (Å²) in [5.74, 6) is 0.0701. The van der Waals surface area contributed by atoms with Crippen LogP contribution in [0, 0.1) is 12.7 Å². The van der Waals surface area contributed by atoms with Gasteiger partial charge in [0.2, 0.25) is 5.88 Å². The van der Waals surface area contributed by atoms with Gasteiger partial charge in [-0.05, 0) is 65.6 Å². The van der Waals surface area contributed by atoms with Crippen molar-refractivity contribution in [3.63, 3.8) is 0 Å². The summed E-state index contributed by atoms with van der Waals surface area (Å²) in [5.41, 5.74) is 10.5. The minimum atomic E-state index is -3.27. The monoisotopic (exact) mass is 552 g/mol. The maximum Gasteiger partial charge on any atom is 0.219 e. The molecule has 0 saturated heterocycles. The van der Waals surface area contributed by atoms with E-state index >= 15 is 0 Å². The van der Waals surface area contributed by atoms with Crippen molar-refractivity contribution in [3.8, 4) is 17.3 Å². The third-order valence-corrected chi connectivity index (χ3v) is 7.29. The number of Topliss-reactive ketones (excluding diaryl/α,β-unsaturated/α-hetero) is 1. The highest BCUT2D eigenvalue weighted by Gasteiger charge is 2.25. The fourth-order valence-corrected chi connectivity index (χ4v) is 5.40. The Bertz CT molecular complexity index is 1730. The van der Waals surface area contributed by atoms with Gasteiger partial charge in [0.05, 0.1) is 29.4 Å². The molecular weight excluding hydrogens is 531 g/mol. The van der Waals surface area contributed by atoms with Gasteiger partial charge in [0.1, 0.15) is 17.4 Å². The molecule has 0 amide bonds. The summed E-state index contributed by atoms with van der Waals surface area (Å²) in [6.07, 6.45) is 6.14.